The number of aliphatic carboxylic acids is 1. The second-order valence-corrected chi connectivity index (χ2v) is 34.0. The third-order valence-corrected chi connectivity index (χ3v) is 23.8. The number of carboxylic acid groups (broad SMARTS) is 1. The van der Waals surface area contributed by atoms with Crippen LogP contribution < -0.4 is 68.2 Å². The number of rotatable bonds is 19. The van der Waals surface area contributed by atoms with E-state index in [-0.39, 0.29) is 59.2 Å². The number of nitrogens with one attached hydrogen (secondary N) is 8. The van der Waals surface area contributed by atoms with Crippen LogP contribution in [0.2, 0.25) is 15.1 Å². The molecule has 8 aliphatic heterocycles. The number of nitrogens with two attached hydrogens (primary N) is 2. The Kier molecular flexibility index (Phi) is 27.9. The van der Waals surface area contributed by atoms with Crippen LogP contribution in [0.15, 0.2) is 127 Å². The second-order valence-electron chi connectivity index (χ2n) is 32.7. The van der Waals surface area contributed by atoms with Crippen LogP contribution in [-0.2, 0) is 68.6 Å². The Labute approximate surface area is 730 Å². The van der Waals surface area contributed by atoms with Crippen molar-refractivity contribution < 1.29 is 127 Å². The summed E-state index contributed by atoms with van der Waals surface area (Å²) in [5.74, 6) is -16.1. The van der Waals surface area contributed by atoms with Crippen LogP contribution in [0, 0.1) is 5.92 Å². The lowest BCUT2D eigenvalue weighted by Gasteiger charge is -2.48. The number of ether oxygens (including phenoxy) is 8. The van der Waals surface area contributed by atoms with Gasteiger partial charge in [0.1, 0.15) is 89.5 Å². The van der Waals surface area contributed by atoms with Crippen LogP contribution >= 0.6 is 34.8 Å². The van der Waals surface area contributed by atoms with Crippen LogP contribution in [0.1, 0.15) is 131 Å². The van der Waals surface area contributed by atoms with Gasteiger partial charge in [0.25, 0.3) is 0 Å². The molecule has 3 saturated heterocycles. The van der Waals surface area contributed by atoms with Gasteiger partial charge in [0.05, 0.1) is 53.5 Å². The Morgan fingerprint density at radius 1 is 0.632 bits per heavy atom. The van der Waals surface area contributed by atoms with Crippen molar-refractivity contribution in [3.63, 3.8) is 0 Å². The summed E-state index contributed by atoms with van der Waals surface area (Å²) in [5.41, 5.74) is 9.60. The number of carbonyl (C=O) groups is 8. The molecule has 8 aliphatic rings. The zero-order valence-corrected chi connectivity index (χ0v) is 70.6. The summed E-state index contributed by atoms with van der Waals surface area (Å²) in [7, 11) is 1.48. The maximum atomic E-state index is 16.6. The number of hydrogen-bond donors (Lipinski definition) is 20. The summed E-state index contributed by atoms with van der Waals surface area (Å²) >= 11 is 20.8. The first kappa shape index (κ1) is 92.1. The number of aromatic hydroxyl groups is 3. The summed E-state index contributed by atoms with van der Waals surface area (Å²) in [5, 5.41) is 138. The van der Waals surface area contributed by atoms with E-state index in [2.05, 4.69) is 42.5 Å². The molecule has 15 rings (SSSR count). The topological polar surface area (TPSA) is 561 Å². The predicted octanol–water partition coefficient (Wildman–Crippen LogP) is 4.50. The van der Waals surface area contributed by atoms with Gasteiger partial charge in [0.2, 0.25) is 53.4 Å². The fourth-order valence-electron chi connectivity index (χ4n) is 16.2. The van der Waals surface area contributed by atoms with E-state index in [1.54, 1.807) is 26.0 Å². The van der Waals surface area contributed by atoms with Gasteiger partial charge in [0.15, 0.2) is 36.2 Å². The Bertz CT molecular complexity index is 5250. The molecule has 0 radical (unpaired) electrons. The molecule has 7 aromatic rings. The van der Waals surface area contributed by atoms with Crippen LogP contribution in [0.4, 0.5) is 0 Å². The first-order chi connectivity index (χ1) is 59.2. The lowest BCUT2D eigenvalue weighted by molar-refractivity contribution is -0.334. The van der Waals surface area contributed by atoms with E-state index in [4.69, 9.17) is 84.2 Å². The molecule has 14 unspecified atom stereocenters. The van der Waals surface area contributed by atoms with E-state index in [0.717, 1.165) is 65.2 Å². The normalized spacial score (nSPS) is 29.7. The molecule has 8 heterocycles. The maximum absolute atomic E-state index is 16.6. The van der Waals surface area contributed by atoms with Crippen LogP contribution in [0.3, 0.4) is 0 Å². The van der Waals surface area contributed by atoms with Gasteiger partial charge in [0, 0.05) is 58.2 Å². The van der Waals surface area contributed by atoms with Crippen LogP contribution in [0.5, 0.6) is 46.0 Å². The first-order valence-corrected chi connectivity index (χ1v) is 41.2. The zero-order valence-electron chi connectivity index (χ0n) is 68.3. The molecule has 125 heavy (non-hydrogen) atoms. The van der Waals surface area contributed by atoms with Gasteiger partial charge < -0.3 is 143 Å². The third-order valence-electron chi connectivity index (χ3n) is 22.9. The van der Waals surface area contributed by atoms with Gasteiger partial charge in [-0.3, -0.25) is 33.6 Å². The van der Waals surface area contributed by atoms with Crippen molar-refractivity contribution in [3.8, 4) is 68.2 Å². The zero-order chi connectivity index (χ0) is 90.3. The van der Waals surface area contributed by atoms with E-state index in [1.807, 2.05) is 50.2 Å². The number of carboxylic acids is 1. The molecule has 11 bridgehead atoms. The lowest BCUT2D eigenvalue weighted by atomic mass is 9.84. The van der Waals surface area contributed by atoms with E-state index in [0.29, 0.717) is 5.02 Å². The number of amides is 7. The SMILES string of the molecule is CNC(CC(C)C)C(=O)NC1C(=O)NC(CC(N)=O)C(=O)N[C@@H]2C(=O)N[C@@H]3C(=O)N[C@@H](C(=O)N[C@@H](C(=O)O)c4cc(O)cc(O)c4-c4cc3ccc4O)C(O[C@@H]3C[C@](C)(N)C(O)C(C)O3)c3ccc(c(Cl)c3)Oc3cc2cc(c3OC2OC(CO)C(O)C(O)C2O[C@@H]2C[C@](C)(NCc3ccc(-c4ccc(Cl)cc4)cc3)C(O)C(C)O2)Oc2ccc(cc2Cl)C1O. The number of likely N-dealkylation sites (N-methyl/N-ethyl adjacent to an activating group) is 1. The molecule has 36 nitrogen and oxygen atoms in total. The number of carbonyl (C=O) groups excluding carboxylic acids is 7. The van der Waals surface area contributed by atoms with Gasteiger partial charge in [-0.2, -0.15) is 0 Å². The van der Waals surface area contributed by atoms with Crippen molar-refractivity contribution in [2.75, 3.05) is 13.7 Å². The molecular formula is C86H97Cl3N10O26. The number of hydrogen-bond acceptors (Lipinski definition) is 28. The highest BCUT2D eigenvalue weighted by molar-refractivity contribution is 6.32. The molecule has 0 aliphatic carbocycles. The highest BCUT2D eigenvalue weighted by Gasteiger charge is 2.53. The third kappa shape index (κ3) is 20.1. The Balaban J connectivity index is 1.02. The van der Waals surface area contributed by atoms with Crippen molar-refractivity contribution in [1.29, 1.82) is 0 Å². The number of phenolic OH excluding ortho intramolecular Hbond substituents is 3. The summed E-state index contributed by atoms with van der Waals surface area (Å²) in [6.07, 6.45) is -23.0. The summed E-state index contributed by atoms with van der Waals surface area (Å²) in [6.45, 7) is 9.06. The molecule has 22 N–H and O–H groups in total. The molecule has 39 heteroatoms. The monoisotopic (exact) mass is 1790 g/mol. The van der Waals surface area contributed by atoms with Crippen molar-refractivity contribution >= 4 is 82.1 Å². The van der Waals surface area contributed by atoms with Crippen molar-refractivity contribution in [2.45, 2.75) is 207 Å². The minimum absolute atomic E-state index is 0.119. The van der Waals surface area contributed by atoms with Gasteiger partial charge in [-0.15, -0.1) is 0 Å². The van der Waals surface area contributed by atoms with Crippen molar-refractivity contribution in [2.24, 2.45) is 17.4 Å². The van der Waals surface area contributed by atoms with Crippen LogP contribution in [-0.4, -0.2) is 215 Å². The van der Waals surface area contributed by atoms with Gasteiger partial charge in [-0.25, -0.2) is 4.79 Å². The smallest absolute Gasteiger partial charge is 0.330 e. The van der Waals surface area contributed by atoms with Gasteiger partial charge >= 0.3 is 5.97 Å². The number of aliphatic hydroxyl groups excluding tert-OH is 6. The molecule has 0 saturated carbocycles. The van der Waals surface area contributed by atoms with Gasteiger partial charge in [-0.1, -0.05) is 103 Å². The van der Waals surface area contributed by atoms with E-state index >= 15 is 24.0 Å². The van der Waals surface area contributed by atoms with E-state index in [9.17, 15) is 65.4 Å². The maximum Gasteiger partial charge on any atom is 0.330 e. The number of phenols is 3. The largest absolute Gasteiger partial charge is 0.508 e. The van der Waals surface area contributed by atoms with Crippen molar-refractivity contribution in [1.82, 2.24) is 42.5 Å². The highest BCUT2D eigenvalue weighted by atomic mass is 35.5. The Morgan fingerprint density at radius 3 is 1.83 bits per heavy atom. The standard InChI is InChI=1S/C86H97Cl3N10O26/c1-35(2)22-51(92-7)77(110)98-67-69(105)42-15-20-55(49(88)24-42)120-57-26-44-27-58(73(57)125-84-74(71(107)70(106)59(34-100)122-84)124-62-32-86(6,76(109)37(4)119-62)93-33-38-8-10-39(11-9-38)40-12-17-45(87)18-13-40)121-56-21-16-43(25-50(56)89)72(123-61-31-85(5,91)75(108)36(3)118-61)68-82(115)97-66(83(116)117)48-28-46(101)29-54(103)63(48)47-23-41(14-19-53(47)102)64(79(112)99-68)96-80(113)65(44)95-78(111)52(30-60(90)104)94-81(67)114/h8-21,23-29,35-37,51-52,59,61-62,64-72,74-76,84,92-93,100-103,105-109H,22,30-34,91H2,1-7H3,(H2,90,104)(H,94,114)(H,95,111)(H,96,113)(H,97,115)(H,98,110)(H,99,112)(H,116,117)/t36?,37?,51?,52?,59?,61-,62-,64+,65+,66-,67?,68-,69?,70?,71?,72?,74?,75?,76?,84?,85+,86+/m1/s1. The predicted molar refractivity (Wildman–Crippen MR) is 445 cm³/mol. The molecule has 0 aromatic heterocycles. The molecule has 3 fully saturated rings. The average molecular weight is 1790 g/mol. The minimum Gasteiger partial charge on any atom is -0.508 e. The number of aliphatic hydroxyl groups is 6. The van der Waals surface area contributed by atoms with E-state index in [1.165, 1.54) is 51.2 Å². The van der Waals surface area contributed by atoms with Gasteiger partial charge in [-0.05, 0) is 153 Å². The molecule has 7 aromatic carbocycles. The molecular weight excluding hydrogens is 1700 g/mol. The lowest BCUT2D eigenvalue weighted by Crippen LogP contribution is -2.65. The Hall–Kier alpha value is -10.6. The number of benzene rings is 7. The van der Waals surface area contributed by atoms with Crippen molar-refractivity contribution in [3.05, 3.63) is 176 Å². The van der Waals surface area contributed by atoms with E-state index < -0.39 is 261 Å². The molecule has 668 valence electrons. The minimum atomic E-state index is -2.40. The quantitative estimate of drug-likeness (QED) is 0.0530. The van der Waals surface area contributed by atoms with Crippen LogP contribution in [0.25, 0.3) is 22.3 Å². The summed E-state index contributed by atoms with van der Waals surface area (Å²) in [6, 6.07) is 14.5. The molecule has 7 amide bonds. The number of halogens is 3. The Morgan fingerprint density at radius 2 is 1.22 bits per heavy atom. The fraction of sp³-hybridized carbons (Fsp3) is 0.419. The average Bonchev–Trinajstić information content (AvgIpc) is 0.762. The highest BCUT2D eigenvalue weighted by Crippen LogP contribution is 2.51. The number of primary amides is 1. The first-order valence-electron chi connectivity index (χ1n) is 40.1. The fourth-order valence-corrected chi connectivity index (χ4v) is 16.7. The molecule has 22 atom stereocenters. The number of fused-ring (bicyclic) bond motifs is 15. The molecule has 0 spiro atoms. The summed E-state index contributed by atoms with van der Waals surface area (Å²) < 4.78 is 52.9. The second kappa shape index (κ2) is 37.9. The summed E-state index contributed by atoms with van der Waals surface area (Å²) in [4.78, 5) is 121.